The van der Waals surface area contributed by atoms with Gasteiger partial charge in [0.1, 0.15) is 5.82 Å². The van der Waals surface area contributed by atoms with Gasteiger partial charge in [0.25, 0.3) is 0 Å². The zero-order chi connectivity index (χ0) is 13.7. The lowest BCUT2D eigenvalue weighted by atomic mass is 9.85. The Labute approximate surface area is 114 Å². The van der Waals surface area contributed by atoms with Crippen LogP contribution in [0.3, 0.4) is 0 Å². The number of ether oxygens (including phenoxy) is 1. The number of methoxy groups -OCH3 is 1. The van der Waals surface area contributed by atoms with Crippen LogP contribution >= 0.6 is 0 Å². The van der Waals surface area contributed by atoms with Crippen molar-refractivity contribution in [1.82, 2.24) is 14.9 Å². The lowest BCUT2D eigenvalue weighted by Crippen LogP contribution is -2.35. The fraction of sp³-hybridized carbons (Fsp3) is 0.714. The second-order valence-corrected chi connectivity index (χ2v) is 5.13. The topological polar surface area (TPSA) is 56.1 Å². The number of hydrogen-bond donors (Lipinski definition) is 1. The Morgan fingerprint density at radius 2 is 2.37 bits per heavy atom. The van der Waals surface area contributed by atoms with Gasteiger partial charge in [-0.25, -0.2) is 4.98 Å². The van der Waals surface area contributed by atoms with Crippen LogP contribution in [-0.2, 0) is 22.5 Å². The molecule has 1 amide bonds. The molecular weight excluding hydrogens is 242 g/mol. The van der Waals surface area contributed by atoms with Crippen molar-refractivity contribution in [1.29, 1.82) is 0 Å². The highest BCUT2D eigenvalue weighted by molar-refractivity contribution is 5.79. The Bertz CT molecular complexity index is 424. The highest BCUT2D eigenvalue weighted by Crippen LogP contribution is 2.26. The van der Waals surface area contributed by atoms with Crippen molar-refractivity contribution in [3.8, 4) is 0 Å². The molecule has 0 spiro atoms. The van der Waals surface area contributed by atoms with E-state index in [-0.39, 0.29) is 11.8 Å². The molecule has 1 aliphatic carbocycles. The van der Waals surface area contributed by atoms with Crippen molar-refractivity contribution in [2.24, 2.45) is 5.92 Å². The first-order chi connectivity index (χ1) is 9.22. The summed E-state index contributed by atoms with van der Waals surface area (Å²) in [5, 5.41) is 3.00. The number of rotatable bonds is 7. The maximum absolute atomic E-state index is 11.7. The molecule has 5 heteroatoms. The van der Waals surface area contributed by atoms with Crippen LogP contribution in [0.25, 0.3) is 0 Å². The quantitative estimate of drug-likeness (QED) is 0.808. The van der Waals surface area contributed by atoms with Crippen molar-refractivity contribution in [3.05, 3.63) is 17.7 Å². The Balaban J connectivity index is 1.80. The van der Waals surface area contributed by atoms with Gasteiger partial charge in [-0.1, -0.05) is 6.42 Å². The lowest BCUT2D eigenvalue weighted by Gasteiger charge is -2.24. The van der Waals surface area contributed by atoms with E-state index in [1.165, 1.54) is 6.42 Å². The van der Waals surface area contributed by atoms with Crippen LogP contribution in [0.5, 0.6) is 0 Å². The predicted molar refractivity (Wildman–Crippen MR) is 72.9 cm³/mol. The van der Waals surface area contributed by atoms with Gasteiger partial charge in [-0.2, -0.15) is 0 Å². The molecule has 1 N–H and O–H groups in total. The minimum Gasteiger partial charge on any atom is -0.383 e. The van der Waals surface area contributed by atoms with E-state index in [0.29, 0.717) is 13.2 Å². The second-order valence-electron chi connectivity index (χ2n) is 5.13. The molecule has 0 bridgehead atoms. The van der Waals surface area contributed by atoms with Gasteiger partial charge < -0.3 is 14.6 Å². The van der Waals surface area contributed by atoms with E-state index in [9.17, 15) is 4.79 Å². The molecule has 1 saturated carbocycles. The van der Waals surface area contributed by atoms with E-state index in [2.05, 4.69) is 14.9 Å². The summed E-state index contributed by atoms with van der Waals surface area (Å²) in [6.45, 7) is 4.20. The molecular formula is C14H23N3O2. The van der Waals surface area contributed by atoms with Gasteiger partial charge in [0.15, 0.2) is 0 Å². The van der Waals surface area contributed by atoms with Crippen LogP contribution in [0.15, 0.2) is 6.20 Å². The average Bonchev–Trinajstić information content (AvgIpc) is 2.66. The van der Waals surface area contributed by atoms with Gasteiger partial charge in [-0.3, -0.25) is 4.79 Å². The van der Waals surface area contributed by atoms with E-state index >= 15 is 0 Å². The first kappa shape index (κ1) is 14.1. The van der Waals surface area contributed by atoms with Crippen molar-refractivity contribution in [2.45, 2.75) is 39.2 Å². The highest BCUT2D eigenvalue weighted by atomic mass is 16.5. The summed E-state index contributed by atoms with van der Waals surface area (Å²) in [6.07, 6.45) is 5.94. The first-order valence-corrected chi connectivity index (χ1v) is 7.00. The maximum atomic E-state index is 11.7. The Morgan fingerprint density at radius 3 is 3.00 bits per heavy atom. The summed E-state index contributed by atoms with van der Waals surface area (Å²) in [4.78, 5) is 16.1. The minimum atomic E-state index is 0.206. The summed E-state index contributed by atoms with van der Waals surface area (Å²) < 4.78 is 7.25. The average molecular weight is 265 g/mol. The third-order valence-electron chi connectivity index (χ3n) is 3.78. The number of nitrogens with one attached hydrogen (secondary N) is 1. The maximum Gasteiger partial charge on any atom is 0.223 e. The summed E-state index contributed by atoms with van der Waals surface area (Å²) in [6, 6.07) is 0. The third kappa shape index (κ3) is 3.56. The molecule has 0 atom stereocenters. The molecule has 0 saturated heterocycles. The molecule has 1 aromatic heterocycles. The van der Waals surface area contributed by atoms with Crippen LogP contribution in [-0.4, -0.2) is 35.7 Å². The Hall–Kier alpha value is -1.36. The van der Waals surface area contributed by atoms with Gasteiger partial charge in [0.05, 0.1) is 6.61 Å². The van der Waals surface area contributed by atoms with Crippen LogP contribution in [0.4, 0.5) is 0 Å². The summed E-state index contributed by atoms with van der Waals surface area (Å²) in [7, 11) is 1.70. The second kappa shape index (κ2) is 6.70. The SMILES string of the molecule is COCCn1c(C)cnc1CCNC(=O)C1CCC1. The number of carbonyl (C=O) groups excluding carboxylic acids is 1. The zero-order valence-electron chi connectivity index (χ0n) is 11.8. The molecule has 1 fully saturated rings. The number of aryl methyl sites for hydroxylation is 1. The van der Waals surface area contributed by atoms with Gasteiger partial charge in [0, 0.05) is 44.4 Å². The summed E-state index contributed by atoms with van der Waals surface area (Å²) >= 11 is 0. The predicted octanol–water partition coefficient (Wildman–Crippen LogP) is 1.30. The van der Waals surface area contributed by atoms with Gasteiger partial charge >= 0.3 is 0 Å². The fourth-order valence-corrected chi connectivity index (χ4v) is 2.31. The van der Waals surface area contributed by atoms with Gasteiger partial charge in [-0.15, -0.1) is 0 Å². The Morgan fingerprint density at radius 1 is 1.58 bits per heavy atom. The third-order valence-corrected chi connectivity index (χ3v) is 3.78. The molecule has 19 heavy (non-hydrogen) atoms. The number of nitrogens with zero attached hydrogens (tertiary/aromatic N) is 2. The smallest absolute Gasteiger partial charge is 0.223 e. The molecule has 106 valence electrons. The zero-order valence-corrected chi connectivity index (χ0v) is 11.8. The lowest BCUT2D eigenvalue weighted by molar-refractivity contribution is -0.127. The van der Waals surface area contributed by atoms with Gasteiger partial charge in [0.2, 0.25) is 5.91 Å². The number of carbonyl (C=O) groups is 1. The van der Waals surface area contributed by atoms with Crippen molar-refractivity contribution in [3.63, 3.8) is 0 Å². The Kier molecular flexibility index (Phi) is 4.96. The van der Waals surface area contributed by atoms with Crippen LogP contribution in [0.1, 0.15) is 30.8 Å². The van der Waals surface area contributed by atoms with Crippen molar-refractivity contribution in [2.75, 3.05) is 20.3 Å². The molecule has 1 heterocycles. The molecule has 5 nitrogen and oxygen atoms in total. The van der Waals surface area contributed by atoms with Crippen LogP contribution in [0.2, 0.25) is 0 Å². The number of amides is 1. The first-order valence-electron chi connectivity index (χ1n) is 7.00. The normalized spacial score (nSPS) is 15.3. The molecule has 0 radical (unpaired) electrons. The van der Waals surface area contributed by atoms with Crippen molar-refractivity contribution >= 4 is 5.91 Å². The minimum absolute atomic E-state index is 0.206. The molecule has 1 aromatic rings. The standard InChI is InChI=1S/C14H23N3O2/c1-11-10-16-13(17(11)8-9-19-2)6-7-15-14(18)12-4-3-5-12/h10,12H,3-9H2,1-2H3,(H,15,18). The molecule has 2 rings (SSSR count). The number of imidazole rings is 1. The monoisotopic (exact) mass is 265 g/mol. The largest absolute Gasteiger partial charge is 0.383 e. The highest BCUT2D eigenvalue weighted by Gasteiger charge is 2.24. The number of aromatic nitrogens is 2. The van der Waals surface area contributed by atoms with Gasteiger partial charge in [-0.05, 0) is 19.8 Å². The summed E-state index contributed by atoms with van der Waals surface area (Å²) in [5.74, 6) is 1.48. The van der Waals surface area contributed by atoms with Crippen LogP contribution < -0.4 is 5.32 Å². The summed E-state index contributed by atoms with van der Waals surface area (Å²) in [5.41, 5.74) is 1.14. The van der Waals surface area contributed by atoms with Crippen molar-refractivity contribution < 1.29 is 9.53 Å². The molecule has 0 aliphatic heterocycles. The van der Waals surface area contributed by atoms with E-state index < -0.39 is 0 Å². The van der Waals surface area contributed by atoms with E-state index in [4.69, 9.17) is 4.74 Å². The fourth-order valence-electron chi connectivity index (χ4n) is 2.31. The molecule has 1 aliphatic rings. The molecule has 0 unspecified atom stereocenters. The van der Waals surface area contributed by atoms with E-state index in [0.717, 1.165) is 37.3 Å². The van der Waals surface area contributed by atoms with E-state index in [1.54, 1.807) is 7.11 Å². The molecule has 0 aromatic carbocycles. The number of hydrogen-bond acceptors (Lipinski definition) is 3. The van der Waals surface area contributed by atoms with E-state index in [1.807, 2.05) is 13.1 Å². The van der Waals surface area contributed by atoms with Crippen LogP contribution in [0, 0.1) is 12.8 Å².